The van der Waals surface area contributed by atoms with Crippen LogP contribution in [0.4, 0.5) is 13.2 Å². The van der Waals surface area contributed by atoms with Crippen LogP contribution in [0.15, 0.2) is 11.6 Å². The third-order valence-corrected chi connectivity index (χ3v) is 4.05. The van der Waals surface area contributed by atoms with E-state index in [4.69, 9.17) is 16.3 Å². The van der Waals surface area contributed by atoms with Gasteiger partial charge in [0.05, 0.1) is 5.57 Å². The minimum Gasteiger partial charge on any atom is -0.475 e. The van der Waals surface area contributed by atoms with Gasteiger partial charge in [0.25, 0.3) is 0 Å². The fourth-order valence-corrected chi connectivity index (χ4v) is 2.62. The monoisotopic (exact) mass is 350 g/mol. The topological polar surface area (TPSA) is 63.2 Å². The van der Waals surface area contributed by atoms with Gasteiger partial charge in [-0.2, -0.15) is 19.1 Å². The number of halogens is 4. The van der Waals surface area contributed by atoms with Crippen LogP contribution in [0.1, 0.15) is 36.5 Å². The molecule has 1 atom stereocenters. The van der Waals surface area contributed by atoms with Crippen molar-refractivity contribution < 1.29 is 33.4 Å². The normalized spacial score (nSPS) is 17.4. The van der Waals surface area contributed by atoms with E-state index >= 15 is 0 Å². The molecule has 1 aromatic carbocycles. The van der Waals surface area contributed by atoms with Crippen LogP contribution in [0.2, 0.25) is 5.02 Å². The zero-order valence-electron chi connectivity index (χ0n) is 12.8. The molecule has 0 saturated carbocycles. The average molecular weight is 351 g/mol. The van der Waals surface area contributed by atoms with Crippen molar-refractivity contribution >= 4 is 23.6 Å². The molecule has 0 aromatic heterocycles. The second-order valence-corrected chi connectivity index (χ2v) is 5.95. The Kier molecular flexibility index (Phi) is 4.64. The number of ether oxygens (including phenoxy) is 1. The second-order valence-electron chi connectivity index (χ2n) is 5.54. The Bertz CT molecular complexity index is 684. The molecule has 1 heterocycles. The molecule has 0 spiro atoms. The van der Waals surface area contributed by atoms with Crippen molar-refractivity contribution in [1.29, 1.82) is 0 Å². The first-order chi connectivity index (χ1) is 10.6. The molecule has 4 nitrogen and oxygen atoms in total. The third kappa shape index (κ3) is 3.16. The van der Waals surface area contributed by atoms with Crippen molar-refractivity contribution in [3.63, 3.8) is 0 Å². The van der Waals surface area contributed by atoms with E-state index in [-0.39, 0.29) is 11.7 Å². The van der Waals surface area contributed by atoms with E-state index in [1.54, 1.807) is 13.0 Å². The second kappa shape index (κ2) is 6.05. The highest BCUT2D eigenvalue weighted by Gasteiger charge is 2.50. The summed E-state index contributed by atoms with van der Waals surface area (Å²) in [6.07, 6.45) is -6.04. The zero-order valence-corrected chi connectivity index (χ0v) is 13.5. The first-order valence-corrected chi connectivity index (χ1v) is 7.20. The van der Waals surface area contributed by atoms with Gasteiger partial charge in [0.1, 0.15) is 5.75 Å². The van der Waals surface area contributed by atoms with Crippen molar-refractivity contribution in [1.82, 2.24) is 0 Å². The molecule has 0 saturated heterocycles. The van der Waals surface area contributed by atoms with Gasteiger partial charge in [-0.3, -0.25) is 4.84 Å². The van der Waals surface area contributed by atoms with Gasteiger partial charge < -0.3 is 4.74 Å². The fraction of sp³-hybridized carbons (Fsp3) is 0.400. The summed E-state index contributed by atoms with van der Waals surface area (Å²) in [5.74, 6) is 1.67. The van der Waals surface area contributed by atoms with Gasteiger partial charge in [-0.1, -0.05) is 25.4 Å². The van der Waals surface area contributed by atoms with Gasteiger partial charge in [-0.25, -0.2) is 4.79 Å². The largest absolute Gasteiger partial charge is 0.475 e. The first-order valence-electron chi connectivity index (χ1n) is 6.82. The van der Waals surface area contributed by atoms with Crippen LogP contribution in [-0.4, -0.2) is 18.2 Å². The first kappa shape index (κ1) is 17.6. The average Bonchev–Trinajstić information content (AvgIpc) is 2.47. The molecule has 1 aromatic rings. The number of alkyl halides is 3. The molecule has 2 rings (SSSR count). The number of rotatable bonds is 2. The van der Waals surface area contributed by atoms with E-state index in [9.17, 15) is 18.0 Å². The summed E-state index contributed by atoms with van der Waals surface area (Å²) in [6.45, 7) is 5.28. The Morgan fingerprint density at radius 3 is 2.52 bits per heavy atom. The molecule has 0 amide bonds. The minimum absolute atomic E-state index is 0.0878. The van der Waals surface area contributed by atoms with Gasteiger partial charge in [-0.15, -0.1) is 0 Å². The molecule has 1 aliphatic heterocycles. The van der Waals surface area contributed by atoms with E-state index in [0.29, 0.717) is 21.7 Å². The van der Waals surface area contributed by atoms with Gasteiger partial charge >= 0.3 is 12.1 Å². The van der Waals surface area contributed by atoms with Crippen molar-refractivity contribution in [2.24, 2.45) is 0 Å². The summed E-state index contributed by atoms with van der Waals surface area (Å²) in [5, 5.41) is 0.389. The van der Waals surface area contributed by atoms with Crippen LogP contribution in [0, 0.1) is 6.92 Å². The maximum atomic E-state index is 13.3. The van der Waals surface area contributed by atoms with Crippen molar-refractivity contribution in [2.75, 3.05) is 0 Å². The third-order valence-electron chi connectivity index (χ3n) is 3.66. The lowest BCUT2D eigenvalue weighted by Gasteiger charge is -2.30. The molecule has 1 unspecified atom stereocenters. The Morgan fingerprint density at radius 2 is 2.04 bits per heavy atom. The molecule has 3 N–H and O–H groups in total. The highest BCUT2D eigenvalue weighted by atomic mass is 35.5. The molecule has 126 valence electrons. The maximum absolute atomic E-state index is 13.3. The van der Waals surface area contributed by atoms with Crippen LogP contribution in [0.5, 0.6) is 5.75 Å². The minimum atomic E-state index is -4.76. The molecule has 1 aliphatic rings. The standard InChI is InChI=1S/C15H16ClF3NO3/c1-6(2)8-5-11(16)7(3)9-4-10(14(21)23-20)13(15(17,18)19)22-12(8)9/h4-6,13H,1-3,20H3/q+1. The molecule has 0 bridgehead atoms. The molecular formula is C15H16ClF3NO3+. The maximum Gasteiger partial charge on any atom is 0.430 e. The fourth-order valence-electron chi connectivity index (χ4n) is 2.40. The Hall–Kier alpha value is -1.73. The lowest BCUT2D eigenvalue weighted by atomic mass is 9.91. The number of hydrogen-bond acceptors (Lipinski definition) is 3. The van der Waals surface area contributed by atoms with Gasteiger partial charge in [0.15, 0.2) is 0 Å². The lowest BCUT2D eigenvalue weighted by Crippen LogP contribution is -2.53. The molecule has 0 aliphatic carbocycles. The molecular weight excluding hydrogens is 335 g/mol. The van der Waals surface area contributed by atoms with Crippen LogP contribution in [-0.2, 0) is 9.63 Å². The summed E-state index contributed by atoms with van der Waals surface area (Å²) in [6, 6.07) is 1.59. The van der Waals surface area contributed by atoms with Crippen molar-refractivity contribution in [2.45, 2.75) is 39.0 Å². The summed E-state index contributed by atoms with van der Waals surface area (Å²) in [4.78, 5) is 15.9. The summed E-state index contributed by atoms with van der Waals surface area (Å²) in [7, 11) is 0. The molecule has 8 heteroatoms. The van der Waals surface area contributed by atoms with E-state index in [1.165, 1.54) is 0 Å². The number of carbonyl (C=O) groups excluding carboxylic acids is 1. The summed E-state index contributed by atoms with van der Waals surface area (Å²) >= 11 is 6.15. The number of carbonyl (C=O) groups is 1. The highest BCUT2D eigenvalue weighted by molar-refractivity contribution is 6.31. The number of hydrogen-bond donors (Lipinski definition) is 1. The quantitative estimate of drug-likeness (QED) is 0.833. The van der Waals surface area contributed by atoms with E-state index in [0.717, 1.165) is 6.08 Å². The van der Waals surface area contributed by atoms with Gasteiger partial charge in [0.2, 0.25) is 6.10 Å². The van der Waals surface area contributed by atoms with Gasteiger partial charge in [-0.05, 0) is 36.1 Å². The van der Waals surface area contributed by atoms with E-state index in [1.807, 2.05) is 13.8 Å². The Morgan fingerprint density at radius 1 is 1.43 bits per heavy atom. The SMILES string of the molecule is Cc1c(Cl)cc(C(C)C)c2c1C=C(C(=O)O[NH3+])C(C(F)(F)F)O2. The van der Waals surface area contributed by atoms with Gasteiger partial charge in [0, 0.05) is 10.6 Å². The highest BCUT2D eigenvalue weighted by Crippen LogP contribution is 2.44. The number of benzene rings is 1. The van der Waals surface area contributed by atoms with Crippen LogP contribution in [0.25, 0.3) is 6.08 Å². The van der Waals surface area contributed by atoms with Crippen molar-refractivity contribution in [3.05, 3.63) is 33.4 Å². The van der Waals surface area contributed by atoms with Crippen molar-refractivity contribution in [3.8, 4) is 5.75 Å². The van der Waals surface area contributed by atoms with Crippen LogP contribution >= 0.6 is 11.6 Å². The molecule has 0 fully saturated rings. The lowest BCUT2D eigenvalue weighted by molar-refractivity contribution is -0.656. The van der Waals surface area contributed by atoms with E-state index < -0.39 is 23.8 Å². The molecule has 0 radical (unpaired) electrons. The van der Waals surface area contributed by atoms with Crippen LogP contribution < -0.4 is 10.6 Å². The predicted octanol–water partition coefficient (Wildman–Crippen LogP) is 3.18. The number of fused-ring (bicyclic) bond motifs is 1. The zero-order chi connectivity index (χ0) is 17.5. The predicted molar refractivity (Wildman–Crippen MR) is 77.7 cm³/mol. The van der Waals surface area contributed by atoms with Crippen LogP contribution in [0.3, 0.4) is 0 Å². The Labute approximate surface area is 136 Å². The van der Waals surface area contributed by atoms with E-state index in [2.05, 4.69) is 10.7 Å². The summed E-state index contributed by atoms with van der Waals surface area (Å²) in [5.41, 5.74) is 0.770. The summed E-state index contributed by atoms with van der Waals surface area (Å²) < 4.78 is 45.0. The number of quaternary nitrogens is 1. The Balaban J connectivity index is 2.74. The smallest absolute Gasteiger partial charge is 0.430 e. The molecule has 23 heavy (non-hydrogen) atoms.